The van der Waals surface area contributed by atoms with Crippen LogP contribution in [0.2, 0.25) is 4.47 Å². The van der Waals surface area contributed by atoms with Gasteiger partial charge in [-0.1, -0.05) is 0 Å². The quantitative estimate of drug-likeness (QED) is 0.397. The summed E-state index contributed by atoms with van der Waals surface area (Å²) in [7, 11) is 0. The van der Waals surface area contributed by atoms with Crippen LogP contribution in [0.25, 0.3) is 0 Å². The molecule has 0 atom stereocenters. The Kier molecular flexibility index (Phi) is 11.7. The van der Waals surface area contributed by atoms with Gasteiger partial charge in [0.05, 0.1) is 0 Å². The van der Waals surface area contributed by atoms with Gasteiger partial charge in [0.1, 0.15) is 0 Å². The molecular formula is C11H20Te. The predicted octanol–water partition coefficient (Wildman–Crippen LogP) is 3.45. The Hall–Kier alpha value is 0.350. The summed E-state index contributed by atoms with van der Waals surface area (Å²) >= 11 is 0.0757. The molecule has 0 amide bonds. The molecule has 0 spiro atoms. The van der Waals surface area contributed by atoms with Crippen molar-refractivity contribution in [1.29, 1.82) is 0 Å². The second-order valence-corrected chi connectivity index (χ2v) is 5.51. The maximum absolute atomic E-state index is 3.36. The fourth-order valence-corrected chi connectivity index (χ4v) is 2.94. The second-order valence-electron chi connectivity index (χ2n) is 2.94. The first-order chi connectivity index (χ1) is 5.91. The molecule has 0 unspecified atom stereocenters. The summed E-state index contributed by atoms with van der Waals surface area (Å²) in [5.74, 6) is 3.29. The Morgan fingerprint density at radius 2 is 1.75 bits per heavy atom. The molecule has 0 bridgehead atoms. The molecule has 0 radical (unpaired) electrons. The zero-order chi connectivity index (χ0) is 9.07. The number of hydrogen-bond donors (Lipinski definition) is 0. The molecule has 0 fully saturated rings. The van der Waals surface area contributed by atoms with Crippen LogP contribution < -0.4 is 0 Å². The predicted molar refractivity (Wildman–Crippen MR) is 57.4 cm³/mol. The van der Waals surface area contributed by atoms with Crippen LogP contribution in [-0.2, 0) is 0 Å². The van der Waals surface area contributed by atoms with E-state index in [-0.39, 0.29) is 20.9 Å². The van der Waals surface area contributed by atoms with Crippen LogP contribution in [0.5, 0.6) is 0 Å². The first-order valence-electron chi connectivity index (χ1n) is 5.01. The molecule has 0 aromatic heterocycles. The van der Waals surface area contributed by atoms with E-state index in [4.69, 9.17) is 0 Å². The molecule has 0 aliphatic rings. The van der Waals surface area contributed by atoms with Crippen LogP contribution in [0.4, 0.5) is 0 Å². The number of rotatable bonds is 6. The van der Waals surface area contributed by atoms with Crippen molar-refractivity contribution >= 4 is 20.9 Å². The van der Waals surface area contributed by atoms with Gasteiger partial charge in [-0.15, -0.1) is 0 Å². The topological polar surface area (TPSA) is 0 Å². The van der Waals surface area contributed by atoms with Crippen LogP contribution in [0, 0.1) is 9.89 Å². The van der Waals surface area contributed by atoms with Gasteiger partial charge in [-0.05, 0) is 0 Å². The van der Waals surface area contributed by atoms with E-state index in [0.29, 0.717) is 0 Å². The van der Waals surface area contributed by atoms with Crippen LogP contribution in [0.3, 0.4) is 0 Å². The number of unbranched alkanes of at least 4 members (excludes halogenated alkanes) is 4. The van der Waals surface area contributed by atoms with Gasteiger partial charge in [-0.25, -0.2) is 0 Å². The second kappa shape index (κ2) is 11.3. The Balaban J connectivity index is 3.01. The van der Waals surface area contributed by atoms with E-state index in [9.17, 15) is 0 Å². The van der Waals surface area contributed by atoms with E-state index >= 15 is 0 Å². The van der Waals surface area contributed by atoms with Crippen molar-refractivity contribution in [2.24, 2.45) is 0 Å². The van der Waals surface area contributed by atoms with Crippen LogP contribution in [-0.4, -0.2) is 20.9 Å². The summed E-state index contributed by atoms with van der Waals surface area (Å²) < 4.78 is 4.78. The summed E-state index contributed by atoms with van der Waals surface area (Å²) in [4.78, 5) is 0. The Bertz CT molecular complexity index is 116. The van der Waals surface area contributed by atoms with Gasteiger partial charge >= 0.3 is 87.7 Å². The van der Waals surface area contributed by atoms with Crippen molar-refractivity contribution in [3.63, 3.8) is 0 Å². The summed E-state index contributed by atoms with van der Waals surface area (Å²) in [6, 6.07) is 0. The third kappa shape index (κ3) is 10.3. The van der Waals surface area contributed by atoms with Gasteiger partial charge in [-0.2, -0.15) is 0 Å². The maximum atomic E-state index is 3.36. The third-order valence-electron chi connectivity index (χ3n) is 1.65. The number of hydrogen-bond acceptors (Lipinski definition) is 0. The first-order valence-corrected chi connectivity index (χ1v) is 7.82. The Morgan fingerprint density at radius 3 is 2.42 bits per heavy atom. The van der Waals surface area contributed by atoms with Gasteiger partial charge in [0.2, 0.25) is 0 Å². The molecule has 70 valence electrons. The van der Waals surface area contributed by atoms with Crippen molar-refractivity contribution in [1.82, 2.24) is 0 Å². The summed E-state index contributed by atoms with van der Waals surface area (Å²) in [5, 5.41) is 0. The van der Waals surface area contributed by atoms with Gasteiger partial charge in [0, 0.05) is 0 Å². The molecule has 0 saturated heterocycles. The van der Waals surface area contributed by atoms with Gasteiger partial charge in [0.15, 0.2) is 0 Å². The van der Waals surface area contributed by atoms with Crippen molar-refractivity contribution in [3.8, 4) is 9.89 Å². The molecule has 0 aliphatic heterocycles. The molecule has 0 aromatic carbocycles. The van der Waals surface area contributed by atoms with Gasteiger partial charge in [-0.3, -0.25) is 0 Å². The van der Waals surface area contributed by atoms with Gasteiger partial charge in [0.25, 0.3) is 0 Å². The van der Waals surface area contributed by atoms with Gasteiger partial charge < -0.3 is 0 Å². The summed E-state index contributed by atoms with van der Waals surface area (Å²) in [5.41, 5.74) is 0. The Labute approximate surface area is 87.6 Å². The van der Waals surface area contributed by atoms with E-state index in [1.54, 1.807) is 0 Å². The molecule has 0 saturated carbocycles. The molecule has 0 aromatic rings. The van der Waals surface area contributed by atoms with E-state index in [1.807, 2.05) is 0 Å². The molecule has 0 nitrogen and oxygen atoms in total. The van der Waals surface area contributed by atoms with Crippen LogP contribution in [0.1, 0.15) is 52.4 Å². The van der Waals surface area contributed by atoms with E-state index in [0.717, 1.165) is 6.42 Å². The Morgan fingerprint density at radius 1 is 1.00 bits per heavy atom. The first kappa shape index (κ1) is 12.3. The fourth-order valence-electron chi connectivity index (χ4n) is 0.833. The van der Waals surface area contributed by atoms with Crippen molar-refractivity contribution in [3.05, 3.63) is 0 Å². The van der Waals surface area contributed by atoms with Crippen LogP contribution >= 0.6 is 0 Å². The molecule has 0 rings (SSSR count). The minimum absolute atomic E-state index is 0.0757. The summed E-state index contributed by atoms with van der Waals surface area (Å²) in [6.07, 6.45) is 7.85. The molecule has 0 aliphatic carbocycles. The SMILES string of the molecule is CCCCCC#C[Te]CCCC. The standard InChI is InChI=1S/C11H20Te/c1-3-5-7-8-9-11-12-10-6-4-2/h3-8,10H2,1-2H3. The van der Waals surface area contributed by atoms with Crippen LogP contribution in [0.15, 0.2) is 0 Å². The molecule has 12 heavy (non-hydrogen) atoms. The third-order valence-corrected chi connectivity index (χ3v) is 3.88. The monoisotopic (exact) mass is 282 g/mol. The normalized spacial score (nSPS) is 9.17. The van der Waals surface area contributed by atoms with E-state index < -0.39 is 0 Å². The summed E-state index contributed by atoms with van der Waals surface area (Å²) in [6.45, 7) is 4.49. The average molecular weight is 280 g/mol. The molecule has 0 N–H and O–H groups in total. The van der Waals surface area contributed by atoms with Crippen molar-refractivity contribution < 1.29 is 0 Å². The molecular weight excluding hydrogens is 260 g/mol. The molecule has 1 heteroatoms. The van der Waals surface area contributed by atoms with Crippen molar-refractivity contribution in [2.75, 3.05) is 0 Å². The average Bonchev–Trinajstić information content (AvgIpc) is 2.10. The zero-order valence-electron chi connectivity index (χ0n) is 8.36. The minimum atomic E-state index is 0.0757. The van der Waals surface area contributed by atoms with E-state index in [2.05, 4.69) is 23.7 Å². The molecule has 0 heterocycles. The zero-order valence-corrected chi connectivity index (χ0v) is 10.7. The fraction of sp³-hybridized carbons (Fsp3) is 0.818. The van der Waals surface area contributed by atoms with Crippen molar-refractivity contribution in [2.45, 2.75) is 56.8 Å². The van der Waals surface area contributed by atoms with E-state index in [1.165, 1.54) is 36.6 Å².